The Morgan fingerprint density at radius 2 is 2.22 bits per heavy atom. The van der Waals surface area contributed by atoms with Crippen LogP contribution in [0.2, 0.25) is 0 Å². The van der Waals surface area contributed by atoms with Gasteiger partial charge in [0.05, 0.1) is 11.3 Å². The van der Waals surface area contributed by atoms with Gasteiger partial charge >= 0.3 is 0 Å². The molecule has 1 aliphatic rings. The van der Waals surface area contributed by atoms with Gasteiger partial charge in [0.15, 0.2) is 0 Å². The van der Waals surface area contributed by atoms with E-state index in [1.807, 2.05) is 4.90 Å². The third-order valence-corrected chi connectivity index (χ3v) is 3.10. The van der Waals surface area contributed by atoms with Crippen LogP contribution in [-0.2, 0) is 4.79 Å². The number of nitrogens with zero attached hydrogens (tertiary/aromatic N) is 1. The van der Waals surface area contributed by atoms with Gasteiger partial charge in [-0.15, -0.1) is 0 Å². The summed E-state index contributed by atoms with van der Waals surface area (Å²) in [7, 11) is 0. The number of amides is 2. The third-order valence-electron chi connectivity index (χ3n) is 3.10. The third kappa shape index (κ3) is 2.09. The van der Waals surface area contributed by atoms with Crippen LogP contribution >= 0.6 is 0 Å². The van der Waals surface area contributed by atoms with Crippen LogP contribution < -0.4 is 21.7 Å². The molecule has 1 atom stereocenters. The van der Waals surface area contributed by atoms with E-state index in [1.54, 1.807) is 25.1 Å². The summed E-state index contributed by atoms with van der Waals surface area (Å²) in [6.45, 7) is 2.94. The number of hydrogen-bond acceptors (Lipinski definition) is 4. The number of nitrogens with two attached hydrogens (primary N) is 2. The number of nitrogens with one attached hydrogen (secondary N) is 1. The molecule has 0 radical (unpaired) electrons. The fraction of sp³-hybridized carbons (Fsp3) is 0.333. The van der Waals surface area contributed by atoms with Gasteiger partial charge in [-0.3, -0.25) is 9.59 Å². The highest BCUT2D eigenvalue weighted by Gasteiger charge is 2.28. The van der Waals surface area contributed by atoms with E-state index >= 15 is 0 Å². The summed E-state index contributed by atoms with van der Waals surface area (Å²) in [6, 6.07) is 4.54. The van der Waals surface area contributed by atoms with Crippen LogP contribution in [0.5, 0.6) is 0 Å². The minimum Gasteiger partial charge on any atom is -0.399 e. The Bertz CT molecular complexity index is 501. The van der Waals surface area contributed by atoms with Crippen molar-refractivity contribution in [2.75, 3.05) is 23.7 Å². The molecule has 1 aromatic rings. The Morgan fingerprint density at radius 1 is 1.50 bits per heavy atom. The van der Waals surface area contributed by atoms with Crippen molar-refractivity contribution in [3.8, 4) is 0 Å². The molecule has 6 nitrogen and oxygen atoms in total. The molecule has 96 valence electrons. The van der Waals surface area contributed by atoms with Gasteiger partial charge in [0.1, 0.15) is 6.04 Å². The summed E-state index contributed by atoms with van der Waals surface area (Å²) in [5, 5.41) is 2.77. The summed E-state index contributed by atoms with van der Waals surface area (Å²) in [5.74, 6) is -0.595. The highest BCUT2D eigenvalue weighted by Crippen LogP contribution is 2.26. The Hall–Kier alpha value is -2.24. The van der Waals surface area contributed by atoms with Gasteiger partial charge in [-0.2, -0.15) is 0 Å². The summed E-state index contributed by atoms with van der Waals surface area (Å²) in [5.41, 5.74) is 12.6. The summed E-state index contributed by atoms with van der Waals surface area (Å²) < 4.78 is 0. The van der Waals surface area contributed by atoms with Crippen molar-refractivity contribution in [3.05, 3.63) is 23.8 Å². The van der Waals surface area contributed by atoms with E-state index in [1.165, 1.54) is 0 Å². The molecule has 2 amide bonds. The van der Waals surface area contributed by atoms with Crippen molar-refractivity contribution in [1.82, 2.24) is 5.32 Å². The minimum atomic E-state index is -0.525. The number of hydrogen-bond donors (Lipinski definition) is 3. The average molecular weight is 248 g/mol. The van der Waals surface area contributed by atoms with Crippen LogP contribution in [0, 0.1) is 0 Å². The summed E-state index contributed by atoms with van der Waals surface area (Å²) in [4.78, 5) is 24.9. The lowest BCUT2D eigenvalue weighted by molar-refractivity contribution is -0.122. The predicted molar refractivity (Wildman–Crippen MR) is 69.2 cm³/mol. The second-order valence-electron chi connectivity index (χ2n) is 4.30. The number of anilines is 2. The van der Waals surface area contributed by atoms with E-state index in [2.05, 4.69) is 5.32 Å². The van der Waals surface area contributed by atoms with Crippen LogP contribution in [0.1, 0.15) is 17.3 Å². The van der Waals surface area contributed by atoms with E-state index < -0.39 is 5.91 Å². The normalized spacial score (nSPS) is 19.5. The van der Waals surface area contributed by atoms with E-state index in [4.69, 9.17) is 11.5 Å². The maximum atomic E-state index is 11.6. The fourth-order valence-electron chi connectivity index (χ4n) is 2.11. The van der Waals surface area contributed by atoms with E-state index in [-0.39, 0.29) is 11.9 Å². The zero-order chi connectivity index (χ0) is 13.3. The molecule has 2 rings (SSSR count). The number of piperazine rings is 1. The van der Waals surface area contributed by atoms with Gasteiger partial charge in [0.2, 0.25) is 5.91 Å². The standard InChI is InChI=1S/C12H16N4O2/c1-7-12(18)15-4-5-16(7)10-6-8(13)2-3-9(10)11(14)17/h2-3,6-7H,4-5,13H2,1H3,(H2,14,17)(H,15,18). The molecule has 5 N–H and O–H groups in total. The first-order valence-corrected chi connectivity index (χ1v) is 5.74. The van der Waals surface area contributed by atoms with Crippen LogP contribution in [0.3, 0.4) is 0 Å². The maximum Gasteiger partial charge on any atom is 0.250 e. The van der Waals surface area contributed by atoms with E-state index in [0.29, 0.717) is 30.0 Å². The van der Waals surface area contributed by atoms with Gasteiger partial charge in [-0.05, 0) is 25.1 Å². The number of primary amides is 1. The first kappa shape index (κ1) is 12.2. The van der Waals surface area contributed by atoms with Gasteiger partial charge in [-0.25, -0.2) is 0 Å². The monoisotopic (exact) mass is 248 g/mol. The van der Waals surface area contributed by atoms with Gasteiger partial charge in [-0.1, -0.05) is 0 Å². The van der Waals surface area contributed by atoms with Gasteiger partial charge in [0, 0.05) is 18.8 Å². The zero-order valence-corrected chi connectivity index (χ0v) is 10.1. The van der Waals surface area contributed by atoms with Crippen LogP contribution in [-0.4, -0.2) is 30.9 Å². The SMILES string of the molecule is CC1C(=O)NCCN1c1cc(N)ccc1C(N)=O. The summed E-state index contributed by atoms with van der Waals surface area (Å²) >= 11 is 0. The van der Waals surface area contributed by atoms with Crippen molar-refractivity contribution in [2.24, 2.45) is 5.73 Å². The Balaban J connectivity index is 2.45. The molecule has 0 aromatic heterocycles. The fourth-order valence-corrected chi connectivity index (χ4v) is 2.11. The number of carbonyl (C=O) groups is 2. The number of carbonyl (C=O) groups excluding carboxylic acids is 2. The molecule has 1 saturated heterocycles. The molecule has 1 aromatic carbocycles. The van der Waals surface area contributed by atoms with Crippen molar-refractivity contribution in [1.29, 1.82) is 0 Å². The second kappa shape index (κ2) is 4.56. The highest BCUT2D eigenvalue weighted by atomic mass is 16.2. The van der Waals surface area contributed by atoms with E-state index in [0.717, 1.165) is 0 Å². The largest absolute Gasteiger partial charge is 0.399 e. The number of benzene rings is 1. The molecule has 0 saturated carbocycles. The molecule has 0 spiro atoms. The Labute approximate surface area is 105 Å². The van der Waals surface area contributed by atoms with Crippen molar-refractivity contribution >= 4 is 23.2 Å². The maximum absolute atomic E-state index is 11.6. The Kier molecular flexibility index (Phi) is 3.10. The minimum absolute atomic E-state index is 0.0703. The lowest BCUT2D eigenvalue weighted by Crippen LogP contribution is -2.54. The first-order chi connectivity index (χ1) is 8.50. The van der Waals surface area contributed by atoms with Crippen molar-refractivity contribution in [2.45, 2.75) is 13.0 Å². The molecule has 1 unspecified atom stereocenters. The quantitative estimate of drug-likeness (QED) is 0.625. The zero-order valence-electron chi connectivity index (χ0n) is 10.1. The van der Waals surface area contributed by atoms with Crippen LogP contribution in [0.4, 0.5) is 11.4 Å². The van der Waals surface area contributed by atoms with Crippen LogP contribution in [0.25, 0.3) is 0 Å². The molecule has 1 aliphatic heterocycles. The van der Waals surface area contributed by atoms with Crippen LogP contribution in [0.15, 0.2) is 18.2 Å². The van der Waals surface area contributed by atoms with Gasteiger partial charge < -0.3 is 21.7 Å². The number of nitrogen functional groups attached to an aromatic ring is 1. The first-order valence-electron chi connectivity index (χ1n) is 5.74. The summed E-state index contributed by atoms with van der Waals surface area (Å²) in [6.07, 6.45) is 0. The molecular formula is C12H16N4O2. The number of rotatable bonds is 2. The molecule has 1 fully saturated rings. The van der Waals surface area contributed by atoms with Gasteiger partial charge in [0.25, 0.3) is 5.91 Å². The molecular weight excluding hydrogens is 232 g/mol. The molecule has 18 heavy (non-hydrogen) atoms. The average Bonchev–Trinajstić information content (AvgIpc) is 2.32. The Morgan fingerprint density at radius 3 is 2.89 bits per heavy atom. The molecule has 0 aliphatic carbocycles. The molecule has 6 heteroatoms. The molecule has 0 bridgehead atoms. The van der Waals surface area contributed by atoms with Crippen molar-refractivity contribution < 1.29 is 9.59 Å². The highest BCUT2D eigenvalue weighted by molar-refractivity contribution is 6.00. The van der Waals surface area contributed by atoms with E-state index in [9.17, 15) is 9.59 Å². The topological polar surface area (TPSA) is 101 Å². The molecule has 1 heterocycles. The van der Waals surface area contributed by atoms with Crippen molar-refractivity contribution in [3.63, 3.8) is 0 Å². The predicted octanol–water partition coefficient (Wildman–Crippen LogP) is -0.308. The smallest absolute Gasteiger partial charge is 0.250 e. The lowest BCUT2D eigenvalue weighted by Gasteiger charge is -2.35. The lowest BCUT2D eigenvalue weighted by atomic mass is 10.1. The second-order valence-corrected chi connectivity index (χ2v) is 4.30.